The fraction of sp³-hybridized carbons (Fsp3) is 0.357. The molecule has 2 aliphatic rings. The maximum Gasteiger partial charge on any atom is 0.248 e. The predicted molar refractivity (Wildman–Crippen MR) is 149 cm³/mol. The van der Waals surface area contributed by atoms with Crippen molar-refractivity contribution in [1.82, 2.24) is 29.2 Å². The van der Waals surface area contributed by atoms with Gasteiger partial charge in [-0.25, -0.2) is 14.4 Å². The Hall–Kier alpha value is -3.93. The minimum absolute atomic E-state index is 0.108. The van der Waals surface area contributed by atoms with Crippen LogP contribution in [-0.2, 0) is 29.1 Å². The fourth-order valence-electron chi connectivity index (χ4n) is 5.58. The van der Waals surface area contributed by atoms with Crippen molar-refractivity contribution in [2.45, 2.75) is 57.9 Å². The summed E-state index contributed by atoms with van der Waals surface area (Å²) in [5.41, 5.74) is 2.76. The zero-order valence-electron chi connectivity index (χ0n) is 21.8. The molecule has 2 atom stereocenters. The highest BCUT2D eigenvalue weighted by atomic mass is 79.9. The number of carbonyl (C=O) groups excluding carboxylic acids is 3. The van der Waals surface area contributed by atoms with E-state index in [-0.39, 0.29) is 31.0 Å². The Kier molecular flexibility index (Phi) is 6.95. The lowest BCUT2D eigenvalue weighted by molar-refractivity contribution is -0.137. The van der Waals surface area contributed by atoms with Crippen molar-refractivity contribution in [3.8, 4) is 11.3 Å². The maximum atomic E-state index is 14.5. The number of Topliss-reactive ketones (excluding diaryl/α,β-unsaturated/α-hetero) is 1. The van der Waals surface area contributed by atoms with Crippen LogP contribution in [0.4, 0.5) is 10.2 Å². The van der Waals surface area contributed by atoms with E-state index in [9.17, 15) is 18.8 Å². The number of halogens is 2. The van der Waals surface area contributed by atoms with E-state index >= 15 is 0 Å². The third-order valence-corrected chi connectivity index (χ3v) is 7.92. The first-order chi connectivity index (χ1) is 19.3. The third-order valence-electron chi connectivity index (χ3n) is 7.47. The summed E-state index contributed by atoms with van der Waals surface area (Å²) in [4.78, 5) is 48.9. The van der Waals surface area contributed by atoms with Crippen molar-refractivity contribution < 1.29 is 18.8 Å². The van der Waals surface area contributed by atoms with Crippen LogP contribution in [0.15, 0.2) is 47.2 Å². The number of aryl methyl sites for hydroxylation is 1. The van der Waals surface area contributed by atoms with Gasteiger partial charge in [0.05, 0.1) is 24.0 Å². The monoisotopic (exact) mass is 607 g/mol. The molecule has 1 N–H and O–H groups in total. The van der Waals surface area contributed by atoms with Crippen molar-refractivity contribution >= 4 is 50.2 Å². The first kappa shape index (κ1) is 26.3. The highest BCUT2D eigenvalue weighted by Crippen LogP contribution is 2.30. The molecule has 0 unspecified atom stereocenters. The summed E-state index contributed by atoms with van der Waals surface area (Å²) in [5, 5.41) is 7.76. The number of imidazole rings is 1. The molecule has 1 saturated heterocycles. The number of benzene rings is 1. The largest absolute Gasteiger partial charge is 0.328 e. The van der Waals surface area contributed by atoms with Gasteiger partial charge in [0.1, 0.15) is 40.7 Å². The van der Waals surface area contributed by atoms with Gasteiger partial charge in [-0.1, -0.05) is 12.1 Å². The molecule has 6 rings (SSSR count). The van der Waals surface area contributed by atoms with E-state index in [0.29, 0.717) is 21.3 Å². The van der Waals surface area contributed by atoms with Crippen LogP contribution < -0.4 is 5.32 Å². The summed E-state index contributed by atoms with van der Waals surface area (Å²) >= 11 is 3.26. The van der Waals surface area contributed by atoms with Crippen LogP contribution in [0.25, 0.3) is 22.2 Å². The summed E-state index contributed by atoms with van der Waals surface area (Å²) in [6, 6.07) is 9.74. The molecule has 1 fully saturated rings. The molecule has 3 aromatic heterocycles. The Labute approximate surface area is 237 Å². The first-order valence-corrected chi connectivity index (χ1v) is 14.0. The van der Waals surface area contributed by atoms with Gasteiger partial charge in [-0.2, -0.15) is 5.10 Å². The Balaban J connectivity index is 1.27. The van der Waals surface area contributed by atoms with Crippen molar-refractivity contribution in [2.75, 3.05) is 11.9 Å². The zero-order chi connectivity index (χ0) is 28.0. The highest BCUT2D eigenvalue weighted by molar-refractivity contribution is 9.10. The summed E-state index contributed by atoms with van der Waals surface area (Å²) in [6.07, 6.45) is 3.57. The van der Waals surface area contributed by atoms with E-state index < -0.39 is 24.0 Å². The number of anilines is 1. The molecule has 1 aromatic carbocycles. The van der Waals surface area contributed by atoms with Gasteiger partial charge >= 0.3 is 0 Å². The first-order valence-electron chi connectivity index (χ1n) is 13.2. The molecule has 0 spiro atoms. The molecule has 0 radical (unpaired) electrons. The van der Waals surface area contributed by atoms with Gasteiger partial charge in [0.25, 0.3) is 0 Å². The Bertz CT molecular complexity index is 1650. The molecule has 206 valence electrons. The van der Waals surface area contributed by atoms with E-state index in [4.69, 9.17) is 0 Å². The Morgan fingerprint density at radius 1 is 1.18 bits per heavy atom. The van der Waals surface area contributed by atoms with Crippen LogP contribution in [0.3, 0.4) is 0 Å². The number of hydrogen-bond donors (Lipinski definition) is 1. The van der Waals surface area contributed by atoms with E-state index in [1.165, 1.54) is 16.5 Å². The van der Waals surface area contributed by atoms with Gasteiger partial charge in [0.2, 0.25) is 11.8 Å². The van der Waals surface area contributed by atoms with Crippen LogP contribution in [0.1, 0.15) is 42.5 Å². The number of pyridine rings is 1. The molecule has 0 saturated carbocycles. The van der Waals surface area contributed by atoms with Crippen LogP contribution >= 0.6 is 15.9 Å². The van der Waals surface area contributed by atoms with Gasteiger partial charge in [0, 0.05) is 37.3 Å². The SMILES string of the molecule is CC(=O)c1nn(CC(=O)N2C[C@H](F)C[C@H]2C(=O)Nc2cccc(Br)n2)c2ccc(-c3cnc4n3CCCC4)cc12. The lowest BCUT2D eigenvalue weighted by atomic mass is 10.1. The van der Waals surface area contributed by atoms with E-state index in [1.54, 1.807) is 18.2 Å². The number of alkyl halides is 1. The molecular formula is C28H27BrFN7O3. The van der Waals surface area contributed by atoms with Gasteiger partial charge in [-0.15, -0.1) is 0 Å². The molecule has 40 heavy (non-hydrogen) atoms. The summed E-state index contributed by atoms with van der Waals surface area (Å²) < 4.78 is 18.7. The topological polar surface area (TPSA) is 115 Å². The van der Waals surface area contributed by atoms with Crippen LogP contribution in [-0.4, -0.2) is 65.6 Å². The van der Waals surface area contributed by atoms with Crippen LogP contribution in [0.5, 0.6) is 0 Å². The molecule has 0 aliphatic carbocycles. The number of nitrogens with zero attached hydrogens (tertiary/aromatic N) is 6. The number of aromatic nitrogens is 5. The predicted octanol–water partition coefficient (Wildman–Crippen LogP) is 4.17. The van der Waals surface area contributed by atoms with E-state index in [0.717, 1.165) is 42.9 Å². The number of likely N-dealkylation sites (tertiary alicyclic amines) is 1. The second kappa shape index (κ2) is 10.6. The molecular weight excluding hydrogens is 581 g/mol. The molecule has 2 amide bonds. The smallest absolute Gasteiger partial charge is 0.248 e. The number of fused-ring (bicyclic) bond motifs is 2. The fourth-order valence-corrected chi connectivity index (χ4v) is 5.92. The Morgan fingerprint density at radius 2 is 2.02 bits per heavy atom. The minimum atomic E-state index is -1.33. The average molecular weight is 608 g/mol. The van der Waals surface area contributed by atoms with Gasteiger partial charge in [0.15, 0.2) is 5.78 Å². The summed E-state index contributed by atoms with van der Waals surface area (Å²) in [7, 11) is 0. The zero-order valence-corrected chi connectivity index (χ0v) is 23.4. The van der Waals surface area contributed by atoms with Gasteiger partial charge in [-0.05, 0) is 53.0 Å². The summed E-state index contributed by atoms with van der Waals surface area (Å²) in [6.45, 7) is 1.90. The van der Waals surface area contributed by atoms with Gasteiger partial charge < -0.3 is 14.8 Å². The standard InChI is InChI=1S/C28H27BrFN7O3/c1-16(38)27-19-11-17(22-13-31-25-7-2-3-10-35(22)25)8-9-20(19)37(34-27)15-26(39)36-14-18(30)12-21(36)28(40)33-24-6-4-5-23(29)32-24/h4-6,8-9,11,13,18,21H,2-3,7,10,12,14-15H2,1H3,(H,32,33,40)/t18-,21+/m1/s1. The lowest BCUT2D eigenvalue weighted by Gasteiger charge is -2.23. The molecule has 4 aromatic rings. The molecule has 5 heterocycles. The number of amides is 2. The number of rotatable bonds is 6. The van der Waals surface area contributed by atoms with Crippen LogP contribution in [0.2, 0.25) is 0 Å². The second-order valence-corrected chi connectivity index (χ2v) is 11.0. The molecule has 12 heteroatoms. The minimum Gasteiger partial charge on any atom is -0.328 e. The van der Waals surface area contributed by atoms with Crippen molar-refractivity contribution in [3.63, 3.8) is 0 Å². The van der Waals surface area contributed by atoms with E-state index in [1.807, 2.05) is 24.4 Å². The lowest BCUT2D eigenvalue weighted by Crippen LogP contribution is -2.44. The van der Waals surface area contributed by atoms with Gasteiger partial charge in [-0.3, -0.25) is 19.1 Å². The Morgan fingerprint density at radius 3 is 2.83 bits per heavy atom. The van der Waals surface area contributed by atoms with Crippen molar-refractivity contribution in [2.24, 2.45) is 0 Å². The quantitative estimate of drug-likeness (QED) is 0.260. The maximum absolute atomic E-state index is 14.5. The average Bonchev–Trinajstić information content (AvgIpc) is 3.63. The normalized spacial score (nSPS) is 18.6. The number of hydrogen-bond acceptors (Lipinski definition) is 6. The van der Waals surface area contributed by atoms with E-state index in [2.05, 4.69) is 40.9 Å². The highest BCUT2D eigenvalue weighted by Gasteiger charge is 2.40. The summed E-state index contributed by atoms with van der Waals surface area (Å²) in [5.74, 6) is 0.153. The number of carbonyl (C=O) groups is 3. The van der Waals surface area contributed by atoms with Crippen LogP contribution in [0, 0.1) is 0 Å². The second-order valence-electron chi connectivity index (χ2n) is 10.2. The van der Waals surface area contributed by atoms with Crippen molar-refractivity contribution in [1.29, 1.82) is 0 Å². The third kappa shape index (κ3) is 4.91. The number of nitrogens with one attached hydrogen (secondary N) is 1. The van der Waals surface area contributed by atoms with Crippen molar-refractivity contribution in [3.05, 3.63) is 58.7 Å². The number of ketones is 1. The molecule has 2 aliphatic heterocycles. The molecule has 0 bridgehead atoms. The molecule has 10 nitrogen and oxygen atoms in total.